The first-order chi connectivity index (χ1) is 13.2. The smallest absolute Gasteiger partial charge is 0.407 e. The largest absolute Gasteiger partial charge is 0.445 e. The summed E-state index contributed by atoms with van der Waals surface area (Å²) in [4.78, 5) is 14.5. The summed E-state index contributed by atoms with van der Waals surface area (Å²) in [6.45, 7) is 3.59. The number of nitrogens with one attached hydrogen (secondary N) is 1. The molecule has 2 aromatic carbocycles. The quantitative estimate of drug-likeness (QED) is 0.783. The number of benzene rings is 2. The van der Waals surface area contributed by atoms with Crippen molar-refractivity contribution in [3.8, 4) is 0 Å². The number of carbonyl (C=O) groups is 1. The standard InChI is InChI=1S/C21H26N2O4/c24-20(18-9-5-2-6-10-18)19(15-23-11-13-26-14-12-23)22-21(25)27-16-17-7-3-1-4-8-17/h1-10,19-20,24H,11-16H2,(H,22,25)/t19-,20-/m0/s1. The lowest BCUT2D eigenvalue weighted by Crippen LogP contribution is -2.50. The van der Waals surface area contributed by atoms with E-state index >= 15 is 0 Å². The number of carbonyl (C=O) groups excluding carboxylic acids is 1. The van der Waals surface area contributed by atoms with Gasteiger partial charge in [0.2, 0.25) is 0 Å². The Morgan fingerprint density at radius 2 is 1.70 bits per heavy atom. The molecule has 144 valence electrons. The van der Waals surface area contributed by atoms with E-state index in [9.17, 15) is 9.90 Å². The maximum absolute atomic E-state index is 12.3. The third-order valence-electron chi connectivity index (χ3n) is 4.60. The predicted molar refractivity (Wildman–Crippen MR) is 102 cm³/mol. The first-order valence-corrected chi connectivity index (χ1v) is 9.23. The summed E-state index contributed by atoms with van der Waals surface area (Å²) >= 11 is 0. The number of alkyl carbamates (subject to hydrolysis) is 1. The molecule has 1 aliphatic heterocycles. The minimum Gasteiger partial charge on any atom is -0.445 e. The van der Waals surface area contributed by atoms with Crippen LogP contribution in [0.4, 0.5) is 4.79 Å². The number of aliphatic hydroxyl groups is 1. The lowest BCUT2D eigenvalue weighted by molar-refractivity contribution is 0.0194. The summed E-state index contributed by atoms with van der Waals surface area (Å²) in [5, 5.41) is 13.7. The second-order valence-corrected chi connectivity index (χ2v) is 6.58. The van der Waals surface area contributed by atoms with Gasteiger partial charge in [-0.25, -0.2) is 4.79 Å². The number of ether oxygens (including phenoxy) is 2. The van der Waals surface area contributed by atoms with Crippen LogP contribution in [0.2, 0.25) is 0 Å². The number of rotatable bonds is 7. The van der Waals surface area contributed by atoms with Gasteiger partial charge in [-0.05, 0) is 11.1 Å². The van der Waals surface area contributed by atoms with Crippen LogP contribution in [0.15, 0.2) is 60.7 Å². The van der Waals surface area contributed by atoms with Gasteiger partial charge in [0.25, 0.3) is 0 Å². The molecule has 6 nitrogen and oxygen atoms in total. The van der Waals surface area contributed by atoms with Crippen LogP contribution < -0.4 is 5.32 Å². The minimum absolute atomic E-state index is 0.193. The van der Waals surface area contributed by atoms with E-state index in [2.05, 4.69) is 10.2 Å². The van der Waals surface area contributed by atoms with Gasteiger partial charge in [-0.1, -0.05) is 60.7 Å². The van der Waals surface area contributed by atoms with Crippen LogP contribution in [0.1, 0.15) is 17.2 Å². The predicted octanol–water partition coefficient (Wildman–Crippen LogP) is 2.35. The molecule has 1 heterocycles. The Morgan fingerprint density at radius 3 is 2.37 bits per heavy atom. The first kappa shape index (κ1) is 19.4. The summed E-state index contributed by atoms with van der Waals surface area (Å²) in [6.07, 6.45) is -1.36. The maximum Gasteiger partial charge on any atom is 0.407 e. The number of aliphatic hydroxyl groups excluding tert-OH is 1. The van der Waals surface area contributed by atoms with Gasteiger partial charge in [-0.3, -0.25) is 4.90 Å². The Morgan fingerprint density at radius 1 is 1.07 bits per heavy atom. The van der Waals surface area contributed by atoms with E-state index in [0.717, 1.165) is 24.2 Å². The first-order valence-electron chi connectivity index (χ1n) is 9.23. The molecule has 1 aliphatic rings. The van der Waals surface area contributed by atoms with Crippen LogP contribution in [0.25, 0.3) is 0 Å². The summed E-state index contributed by atoms with van der Waals surface area (Å²) in [6, 6.07) is 18.4. The SMILES string of the molecule is O=C(N[C@@H](CN1CCOCC1)[C@@H](O)c1ccccc1)OCc1ccccc1. The average molecular weight is 370 g/mol. The van der Waals surface area contributed by atoms with E-state index in [4.69, 9.17) is 9.47 Å². The van der Waals surface area contributed by atoms with Gasteiger partial charge in [0.15, 0.2) is 0 Å². The monoisotopic (exact) mass is 370 g/mol. The molecule has 2 aromatic rings. The molecule has 6 heteroatoms. The van der Waals surface area contributed by atoms with Crippen LogP contribution in [-0.4, -0.2) is 55.0 Å². The fourth-order valence-electron chi connectivity index (χ4n) is 3.09. The highest BCUT2D eigenvalue weighted by Gasteiger charge is 2.26. The summed E-state index contributed by atoms with van der Waals surface area (Å²) < 4.78 is 10.7. The summed E-state index contributed by atoms with van der Waals surface area (Å²) in [7, 11) is 0. The van der Waals surface area contributed by atoms with E-state index < -0.39 is 18.2 Å². The Hall–Kier alpha value is -2.41. The molecule has 0 bridgehead atoms. The van der Waals surface area contributed by atoms with E-state index in [0.29, 0.717) is 19.8 Å². The Labute approximate surface area is 159 Å². The van der Waals surface area contributed by atoms with Crippen molar-refractivity contribution >= 4 is 6.09 Å². The topological polar surface area (TPSA) is 71.0 Å². The van der Waals surface area contributed by atoms with E-state index in [1.54, 1.807) is 0 Å². The molecular weight excluding hydrogens is 344 g/mol. The molecule has 0 unspecified atom stereocenters. The number of amides is 1. The van der Waals surface area contributed by atoms with Crippen molar-refractivity contribution in [1.29, 1.82) is 0 Å². The van der Waals surface area contributed by atoms with Crippen molar-refractivity contribution < 1.29 is 19.4 Å². The number of hydrogen-bond acceptors (Lipinski definition) is 5. The van der Waals surface area contributed by atoms with Crippen molar-refractivity contribution in [2.45, 2.75) is 18.8 Å². The molecular formula is C21H26N2O4. The lowest BCUT2D eigenvalue weighted by Gasteiger charge is -2.32. The number of nitrogens with zero attached hydrogens (tertiary/aromatic N) is 1. The van der Waals surface area contributed by atoms with E-state index in [1.807, 2.05) is 60.7 Å². The van der Waals surface area contributed by atoms with Gasteiger partial charge in [0.1, 0.15) is 12.7 Å². The molecule has 0 saturated carbocycles. The van der Waals surface area contributed by atoms with Crippen molar-refractivity contribution in [3.63, 3.8) is 0 Å². The molecule has 1 fully saturated rings. The molecule has 3 rings (SSSR count). The zero-order valence-electron chi connectivity index (χ0n) is 15.3. The maximum atomic E-state index is 12.3. The Balaban J connectivity index is 1.62. The summed E-state index contributed by atoms with van der Waals surface area (Å²) in [5.74, 6) is 0. The van der Waals surface area contributed by atoms with Gasteiger partial charge >= 0.3 is 6.09 Å². The van der Waals surface area contributed by atoms with Crippen LogP contribution in [0.5, 0.6) is 0 Å². The second-order valence-electron chi connectivity index (χ2n) is 6.58. The number of morpholine rings is 1. The van der Waals surface area contributed by atoms with Crippen molar-refractivity contribution in [3.05, 3.63) is 71.8 Å². The van der Waals surface area contributed by atoms with Crippen molar-refractivity contribution in [1.82, 2.24) is 10.2 Å². The summed E-state index contributed by atoms with van der Waals surface area (Å²) in [5.41, 5.74) is 1.68. The molecule has 27 heavy (non-hydrogen) atoms. The normalized spacial score (nSPS) is 17.1. The zero-order valence-corrected chi connectivity index (χ0v) is 15.3. The van der Waals surface area contributed by atoms with Gasteiger partial charge in [-0.15, -0.1) is 0 Å². The molecule has 0 aromatic heterocycles. The molecule has 0 spiro atoms. The van der Waals surface area contributed by atoms with Gasteiger partial charge in [-0.2, -0.15) is 0 Å². The molecule has 0 aliphatic carbocycles. The van der Waals surface area contributed by atoms with Crippen molar-refractivity contribution in [2.75, 3.05) is 32.8 Å². The fourth-order valence-corrected chi connectivity index (χ4v) is 3.09. The van der Waals surface area contributed by atoms with Gasteiger partial charge in [0.05, 0.1) is 19.3 Å². The van der Waals surface area contributed by atoms with Crippen LogP contribution in [0.3, 0.4) is 0 Å². The molecule has 1 amide bonds. The van der Waals surface area contributed by atoms with Crippen LogP contribution >= 0.6 is 0 Å². The molecule has 2 atom stereocenters. The third-order valence-corrected chi connectivity index (χ3v) is 4.60. The lowest BCUT2D eigenvalue weighted by atomic mass is 10.0. The Bertz CT molecular complexity index is 690. The molecule has 0 radical (unpaired) electrons. The van der Waals surface area contributed by atoms with Crippen LogP contribution in [-0.2, 0) is 16.1 Å². The van der Waals surface area contributed by atoms with Gasteiger partial charge in [0, 0.05) is 19.6 Å². The zero-order chi connectivity index (χ0) is 18.9. The third kappa shape index (κ3) is 6.06. The molecule has 1 saturated heterocycles. The highest BCUT2D eigenvalue weighted by Crippen LogP contribution is 2.18. The minimum atomic E-state index is -0.821. The van der Waals surface area contributed by atoms with E-state index in [-0.39, 0.29) is 6.61 Å². The average Bonchev–Trinajstić information content (AvgIpc) is 2.73. The second kappa shape index (κ2) is 10.1. The Kier molecular flexibility index (Phi) is 7.21. The molecule has 2 N–H and O–H groups in total. The highest BCUT2D eigenvalue weighted by molar-refractivity contribution is 5.67. The van der Waals surface area contributed by atoms with E-state index in [1.165, 1.54) is 0 Å². The fraction of sp³-hybridized carbons (Fsp3) is 0.381. The van der Waals surface area contributed by atoms with Gasteiger partial charge < -0.3 is 19.9 Å². The van der Waals surface area contributed by atoms with Crippen molar-refractivity contribution in [2.24, 2.45) is 0 Å². The number of hydrogen-bond donors (Lipinski definition) is 2. The van der Waals surface area contributed by atoms with Crippen LogP contribution in [0, 0.1) is 0 Å². The highest BCUT2D eigenvalue weighted by atomic mass is 16.5.